The molecule has 1 aromatic carbocycles. The van der Waals surface area contributed by atoms with Gasteiger partial charge in [0.25, 0.3) is 0 Å². The average Bonchev–Trinajstić information content (AvgIpc) is 3.75. The van der Waals surface area contributed by atoms with Crippen LogP contribution in [-0.2, 0) is 39.4 Å². The highest BCUT2D eigenvalue weighted by molar-refractivity contribution is 7.13. The Labute approximate surface area is 252 Å². The van der Waals surface area contributed by atoms with Gasteiger partial charge in [0.1, 0.15) is 11.3 Å². The molecule has 11 heteroatoms. The van der Waals surface area contributed by atoms with E-state index >= 15 is 0 Å². The summed E-state index contributed by atoms with van der Waals surface area (Å²) >= 11 is 7.77. The molecule has 0 spiro atoms. The molecule has 42 heavy (non-hydrogen) atoms. The Morgan fingerprint density at radius 1 is 0.976 bits per heavy atom. The normalized spacial score (nSPS) is 12.1. The molecule has 0 saturated heterocycles. The highest BCUT2D eigenvalue weighted by atomic mass is 35.5. The molecule has 1 aliphatic rings. The zero-order chi connectivity index (χ0) is 29.4. The monoisotopic (exact) mass is 598 g/mol. The van der Waals surface area contributed by atoms with Crippen molar-refractivity contribution in [2.24, 2.45) is 7.05 Å². The topological polar surface area (TPSA) is 96.3 Å². The van der Waals surface area contributed by atoms with E-state index in [0.29, 0.717) is 22.9 Å². The molecule has 214 valence electrons. The van der Waals surface area contributed by atoms with Crippen molar-refractivity contribution in [3.8, 4) is 33.5 Å². The summed E-state index contributed by atoms with van der Waals surface area (Å²) in [7, 11) is 1.99. The largest absolute Gasteiger partial charge is 0.349 e. The van der Waals surface area contributed by atoms with Gasteiger partial charge in [-0.15, -0.1) is 21.5 Å². The minimum Gasteiger partial charge on any atom is -0.305 e. The number of pyridine rings is 1. The number of fused-ring (bicyclic) bond motifs is 4. The van der Waals surface area contributed by atoms with Crippen LogP contribution in [0.15, 0.2) is 58.7 Å². The Bertz CT molecular complexity index is 1950. The summed E-state index contributed by atoms with van der Waals surface area (Å²) in [4.78, 5) is 22.4. The zero-order valence-corrected chi connectivity index (χ0v) is 25.6. The van der Waals surface area contributed by atoms with Gasteiger partial charge < -0.3 is 4.57 Å². The first-order chi connectivity index (χ1) is 20.4. The first-order valence-corrected chi connectivity index (χ1v) is 15.4. The number of aromatic nitrogens is 8. The van der Waals surface area contributed by atoms with Crippen molar-refractivity contribution in [3.05, 3.63) is 86.4 Å². The molecule has 0 bridgehead atoms. The molecular formula is C31H31ClN8OS. The van der Waals surface area contributed by atoms with Gasteiger partial charge in [0.15, 0.2) is 11.6 Å². The number of thiophene rings is 1. The average molecular weight is 599 g/mol. The fraction of sp³-hybridized carbons (Fsp3) is 0.290. The number of aryl methyl sites for hydroxylation is 4. The second-order valence-corrected chi connectivity index (χ2v) is 11.4. The highest BCUT2D eigenvalue weighted by Gasteiger charge is 2.27. The molecule has 6 heterocycles. The van der Waals surface area contributed by atoms with E-state index in [4.69, 9.17) is 11.6 Å². The highest BCUT2D eigenvalue weighted by Crippen LogP contribution is 2.34. The van der Waals surface area contributed by atoms with Gasteiger partial charge >= 0.3 is 5.69 Å². The van der Waals surface area contributed by atoms with E-state index in [9.17, 15) is 4.79 Å². The predicted octanol–water partition coefficient (Wildman–Crippen LogP) is 6.22. The van der Waals surface area contributed by atoms with Gasteiger partial charge in [0.2, 0.25) is 0 Å². The van der Waals surface area contributed by atoms with Gasteiger partial charge in [0.05, 0.1) is 16.3 Å². The Balaban J connectivity index is 0.000000151. The molecule has 0 aliphatic carbocycles. The van der Waals surface area contributed by atoms with Gasteiger partial charge in [-0.05, 0) is 61.9 Å². The second-order valence-electron chi connectivity index (χ2n) is 10.0. The van der Waals surface area contributed by atoms with Crippen molar-refractivity contribution in [2.45, 2.75) is 53.1 Å². The molecule has 6 aromatic rings. The third-order valence-electron chi connectivity index (χ3n) is 7.51. The number of halogens is 1. The summed E-state index contributed by atoms with van der Waals surface area (Å²) in [5.74, 6) is 1.92. The van der Waals surface area contributed by atoms with Crippen LogP contribution in [0.3, 0.4) is 0 Å². The van der Waals surface area contributed by atoms with E-state index < -0.39 is 0 Å². The van der Waals surface area contributed by atoms with Crippen LogP contribution in [0, 0.1) is 0 Å². The minimum atomic E-state index is -0.286. The van der Waals surface area contributed by atoms with E-state index in [-0.39, 0.29) is 5.69 Å². The Hall–Kier alpha value is -4.15. The van der Waals surface area contributed by atoms with E-state index in [1.807, 2.05) is 55.9 Å². The van der Waals surface area contributed by atoms with Crippen LogP contribution in [0.5, 0.6) is 0 Å². The van der Waals surface area contributed by atoms with Gasteiger partial charge in [0, 0.05) is 47.4 Å². The lowest BCUT2D eigenvalue weighted by molar-refractivity contribution is 0.673. The molecule has 0 radical (unpaired) electrons. The lowest BCUT2D eigenvalue weighted by Gasteiger charge is -2.16. The van der Waals surface area contributed by atoms with Gasteiger partial charge in [-0.3, -0.25) is 9.25 Å². The predicted molar refractivity (Wildman–Crippen MR) is 168 cm³/mol. The van der Waals surface area contributed by atoms with E-state index in [1.54, 1.807) is 22.0 Å². The summed E-state index contributed by atoms with van der Waals surface area (Å²) < 4.78 is 5.77. The first kappa shape index (κ1) is 28.0. The molecule has 0 unspecified atom stereocenters. The van der Waals surface area contributed by atoms with Gasteiger partial charge in [-0.2, -0.15) is 10.1 Å². The van der Waals surface area contributed by atoms with Gasteiger partial charge in [-0.1, -0.05) is 43.6 Å². The van der Waals surface area contributed by atoms with Crippen molar-refractivity contribution in [1.82, 2.24) is 39.1 Å². The molecule has 0 amide bonds. The zero-order valence-electron chi connectivity index (χ0n) is 24.0. The van der Waals surface area contributed by atoms with Gasteiger partial charge in [-0.25, -0.2) is 9.78 Å². The number of rotatable bonds is 5. The lowest BCUT2D eigenvalue weighted by Crippen LogP contribution is -2.24. The number of hydrogen-bond acceptors (Lipinski definition) is 7. The summed E-state index contributed by atoms with van der Waals surface area (Å²) in [6.45, 7) is 7.59. The molecule has 0 fully saturated rings. The number of benzene rings is 1. The molecule has 0 saturated carbocycles. The van der Waals surface area contributed by atoms with E-state index in [2.05, 4.69) is 54.3 Å². The molecule has 0 atom stereocenters. The molecule has 0 N–H and O–H groups in total. The third-order valence-corrected chi connectivity index (χ3v) is 8.61. The summed E-state index contributed by atoms with van der Waals surface area (Å²) in [5.41, 5.74) is 6.46. The maximum Gasteiger partial charge on any atom is 0.349 e. The SMILES string of the molecule is CCc1ccc2c(-c3cccc(Cl)c3)nc(=O)n(CC)c2n1.CCc1nn(C)c2c1CCn1c(-c3cccs3)nnc1-2. The number of hydrogen-bond donors (Lipinski definition) is 0. The Kier molecular flexibility index (Phi) is 7.74. The van der Waals surface area contributed by atoms with Crippen LogP contribution < -0.4 is 5.69 Å². The van der Waals surface area contributed by atoms with Crippen molar-refractivity contribution in [3.63, 3.8) is 0 Å². The molecule has 1 aliphatic heterocycles. The fourth-order valence-electron chi connectivity index (χ4n) is 5.47. The smallest absolute Gasteiger partial charge is 0.305 e. The maximum absolute atomic E-state index is 12.3. The maximum atomic E-state index is 12.3. The molecule has 5 aromatic heterocycles. The Morgan fingerprint density at radius 2 is 1.81 bits per heavy atom. The quantitative estimate of drug-likeness (QED) is 0.234. The van der Waals surface area contributed by atoms with Crippen LogP contribution >= 0.6 is 22.9 Å². The first-order valence-electron chi connectivity index (χ1n) is 14.1. The van der Waals surface area contributed by atoms with Crippen LogP contribution in [0.1, 0.15) is 37.7 Å². The van der Waals surface area contributed by atoms with Crippen molar-refractivity contribution < 1.29 is 0 Å². The Morgan fingerprint density at radius 3 is 2.52 bits per heavy atom. The minimum absolute atomic E-state index is 0.286. The summed E-state index contributed by atoms with van der Waals surface area (Å²) in [6, 6.07) is 15.5. The van der Waals surface area contributed by atoms with Crippen LogP contribution in [0.4, 0.5) is 0 Å². The van der Waals surface area contributed by atoms with Crippen molar-refractivity contribution >= 4 is 34.0 Å². The molecule has 7 rings (SSSR count). The van der Waals surface area contributed by atoms with E-state index in [0.717, 1.165) is 59.8 Å². The van der Waals surface area contributed by atoms with Crippen LogP contribution in [0.25, 0.3) is 44.5 Å². The number of nitrogens with zero attached hydrogens (tertiary/aromatic N) is 8. The van der Waals surface area contributed by atoms with Crippen molar-refractivity contribution in [1.29, 1.82) is 0 Å². The third kappa shape index (κ3) is 4.94. The summed E-state index contributed by atoms with van der Waals surface area (Å²) in [5, 5.41) is 17.0. The molecular weight excluding hydrogens is 568 g/mol. The lowest BCUT2D eigenvalue weighted by atomic mass is 10.0. The van der Waals surface area contributed by atoms with Crippen molar-refractivity contribution in [2.75, 3.05) is 0 Å². The van der Waals surface area contributed by atoms with Crippen LogP contribution in [-0.4, -0.2) is 39.1 Å². The van der Waals surface area contributed by atoms with E-state index in [1.165, 1.54) is 16.1 Å². The summed E-state index contributed by atoms with van der Waals surface area (Å²) in [6.07, 6.45) is 2.80. The fourth-order valence-corrected chi connectivity index (χ4v) is 6.38. The second kappa shape index (κ2) is 11.6. The van der Waals surface area contributed by atoms with Crippen LogP contribution in [0.2, 0.25) is 5.02 Å². The standard InChI is InChI=1S/C17H16ClN3O.C14H15N5S/c1-3-13-8-9-14-15(11-6-5-7-12(18)10-11)20-17(22)21(4-2)16(14)19-13;1-3-10-9-6-7-19-13(11-5-4-8-20-11)15-16-14(19)12(9)18(2)17-10/h5-10H,3-4H2,1-2H3;4-5,8H,3,6-7H2,1-2H3. The molecule has 9 nitrogen and oxygen atoms in total.